The molecule has 4 heteroatoms. The Morgan fingerprint density at radius 3 is 2.82 bits per heavy atom. The van der Waals surface area contributed by atoms with E-state index in [2.05, 4.69) is 21.1 Å². The zero-order valence-corrected chi connectivity index (χ0v) is 7.30. The first-order chi connectivity index (χ1) is 5.27. The van der Waals surface area contributed by atoms with E-state index in [1.165, 1.54) is 0 Å². The molecule has 0 radical (unpaired) electrons. The third kappa shape index (κ3) is 1.77. The van der Waals surface area contributed by atoms with Gasteiger partial charge in [-0.05, 0) is 17.7 Å². The molecule has 0 saturated carbocycles. The maximum atomic E-state index is 8.43. The third-order valence-corrected chi connectivity index (χ3v) is 1.97. The van der Waals surface area contributed by atoms with Crippen LogP contribution >= 0.6 is 15.9 Å². The highest BCUT2D eigenvalue weighted by Crippen LogP contribution is 2.08. The van der Waals surface area contributed by atoms with Crippen LogP contribution in [0.5, 0.6) is 0 Å². The number of hydrogen-bond acceptors (Lipinski definition) is 3. The Labute approximate surface area is 72.7 Å². The Hall–Kier alpha value is -0.900. The van der Waals surface area contributed by atoms with Crippen LogP contribution in [-0.4, -0.2) is 22.0 Å². The molecule has 2 N–H and O–H groups in total. The Kier molecular flexibility index (Phi) is 2.59. The fraction of sp³-hybridized carbons (Fsp3) is 0.143. The second kappa shape index (κ2) is 3.48. The molecule has 0 unspecified atom stereocenters. The van der Waals surface area contributed by atoms with Crippen molar-refractivity contribution < 1.29 is 5.21 Å². The molecule has 0 aromatic carbocycles. The Morgan fingerprint density at radius 2 is 2.27 bits per heavy atom. The summed E-state index contributed by atoms with van der Waals surface area (Å²) in [6, 6.07) is 0. The van der Waals surface area contributed by atoms with Crippen molar-refractivity contribution in [3.05, 3.63) is 23.8 Å². The predicted octanol–water partition coefficient (Wildman–Crippen LogP) is 1.73. The van der Waals surface area contributed by atoms with E-state index in [9.17, 15) is 0 Å². The van der Waals surface area contributed by atoms with Crippen molar-refractivity contribution in [1.29, 1.82) is 5.41 Å². The lowest BCUT2D eigenvalue weighted by atomic mass is 10.1. The van der Waals surface area contributed by atoms with Gasteiger partial charge >= 0.3 is 0 Å². The molecule has 0 saturated heterocycles. The molecule has 0 spiro atoms. The first kappa shape index (κ1) is 8.20. The van der Waals surface area contributed by atoms with Gasteiger partial charge in [0.2, 0.25) is 0 Å². The Morgan fingerprint density at radius 1 is 1.55 bits per heavy atom. The summed E-state index contributed by atoms with van der Waals surface area (Å²) in [5.74, 6) is 0. The molecule has 3 nitrogen and oxygen atoms in total. The van der Waals surface area contributed by atoms with E-state index in [4.69, 9.17) is 10.6 Å². The van der Waals surface area contributed by atoms with Crippen LogP contribution in [-0.2, 0) is 0 Å². The summed E-state index contributed by atoms with van der Waals surface area (Å²) >= 11 is 3.26. The minimum Gasteiger partial charge on any atom is -0.410 e. The minimum absolute atomic E-state index is 0.234. The highest BCUT2D eigenvalue weighted by Gasteiger charge is 2.07. The van der Waals surface area contributed by atoms with Crippen LogP contribution < -0.4 is 0 Å². The van der Waals surface area contributed by atoms with Crippen molar-refractivity contribution in [3.8, 4) is 0 Å². The number of nitrogens with one attached hydrogen (secondary N) is 1. The molecule has 0 aliphatic heterocycles. The standard InChI is InChI=1S/C7H7BrN2O/c8-4-5-1-2-6(9)7(3-5)10-11/h1-3,9,11H,4H2/b9-6?,10-7-. The number of alkyl halides is 1. The van der Waals surface area contributed by atoms with Gasteiger partial charge in [0.25, 0.3) is 0 Å². The van der Waals surface area contributed by atoms with Crippen molar-refractivity contribution in [2.24, 2.45) is 5.16 Å². The van der Waals surface area contributed by atoms with Gasteiger partial charge in [-0.25, -0.2) is 0 Å². The van der Waals surface area contributed by atoms with Gasteiger partial charge in [-0.3, -0.25) is 5.41 Å². The molecule has 0 bridgehead atoms. The Bertz CT molecular complexity index is 266. The van der Waals surface area contributed by atoms with Crippen LogP contribution in [0, 0.1) is 5.41 Å². The van der Waals surface area contributed by atoms with Gasteiger partial charge in [0, 0.05) is 5.33 Å². The van der Waals surface area contributed by atoms with Crippen molar-refractivity contribution in [2.75, 3.05) is 5.33 Å². The summed E-state index contributed by atoms with van der Waals surface area (Å²) in [5, 5.41) is 19.4. The van der Waals surface area contributed by atoms with E-state index in [1.54, 1.807) is 12.2 Å². The zero-order chi connectivity index (χ0) is 8.27. The third-order valence-electron chi connectivity index (χ3n) is 1.32. The van der Waals surface area contributed by atoms with E-state index in [-0.39, 0.29) is 5.71 Å². The fourth-order valence-corrected chi connectivity index (χ4v) is 1.09. The first-order valence-corrected chi connectivity index (χ1v) is 4.15. The van der Waals surface area contributed by atoms with Crippen LogP contribution in [0.4, 0.5) is 0 Å². The monoisotopic (exact) mass is 214 g/mol. The minimum atomic E-state index is 0.234. The lowest BCUT2D eigenvalue weighted by molar-refractivity contribution is 0.320. The van der Waals surface area contributed by atoms with Crippen LogP contribution in [0.25, 0.3) is 0 Å². The van der Waals surface area contributed by atoms with Gasteiger partial charge in [0.15, 0.2) is 0 Å². The van der Waals surface area contributed by atoms with Crippen LogP contribution in [0.3, 0.4) is 0 Å². The molecule has 1 aliphatic carbocycles. The van der Waals surface area contributed by atoms with Crippen molar-refractivity contribution in [3.63, 3.8) is 0 Å². The summed E-state index contributed by atoms with van der Waals surface area (Å²) in [5.41, 5.74) is 1.54. The topological polar surface area (TPSA) is 56.4 Å². The van der Waals surface area contributed by atoms with Crippen molar-refractivity contribution in [1.82, 2.24) is 0 Å². The van der Waals surface area contributed by atoms with Gasteiger partial charge in [-0.1, -0.05) is 27.2 Å². The van der Waals surface area contributed by atoms with Crippen molar-refractivity contribution >= 4 is 27.4 Å². The van der Waals surface area contributed by atoms with E-state index in [0.717, 1.165) is 5.57 Å². The van der Waals surface area contributed by atoms with Crippen LogP contribution in [0.2, 0.25) is 0 Å². The van der Waals surface area contributed by atoms with Crippen LogP contribution in [0.15, 0.2) is 29.0 Å². The smallest absolute Gasteiger partial charge is 0.127 e. The van der Waals surface area contributed by atoms with E-state index >= 15 is 0 Å². The first-order valence-electron chi connectivity index (χ1n) is 3.03. The van der Waals surface area contributed by atoms with Gasteiger partial charge in [0.05, 0.1) is 5.71 Å². The number of rotatable bonds is 1. The SMILES string of the molecule is N=C1C=CC(CBr)=C/C1=N/O. The lowest BCUT2D eigenvalue weighted by Gasteiger charge is -2.04. The zero-order valence-electron chi connectivity index (χ0n) is 5.71. The Balaban J connectivity index is 2.93. The second-order valence-electron chi connectivity index (χ2n) is 2.09. The molecular weight excluding hydrogens is 208 g/mol. The normalized spacial score (nSPS) is 20.6. The average Bonchev–Trinajstić information content (AvgIpc) is 2.05. The number of halogens is 1. The summed E-state index contributed by atoms with van der Waals surface area (Å²) in [6.07, 6.45) is 5.08. The quantitative estimate of drug-likeness (QED) is 0.297. The molecular formula is C7H7BrN2O. The predicted molar refractivity (Wildman–Crippen MR) is 48.0 cm³/mol. The second-order valence-corrected chi connectivity index (χ2v) is 2.65. The fourth-order valence-electron chi connectivity index (χ4n) is 0.743. The summed E-state index contributed by atoms with van der Waals surface area (Å²) < 4.78 is 0. The maximum Gasteiger partial charge on any atom is 0.127 e. The number of oxime groups is 1. The molecule has 0 aromatic heterocycles. The molecule has 1 rings (SSSR count). The molecule has 0 atom stereocenters. The molecule has 11 heavy (non-hydrogen) atoms. The lowest BCUT2D eigenvalue weighted by Crippen LogP contribution is -2.11. The van der Waals surface area contributed by atoms with E-state index < -0.39 is 0 Å². The molecule has 1 aliphatic rings. The van der Waals surface area contributed by atoms with E-state index in [1.807, 2.05) is 6.08 Å². The number of nitrogens with zero attached hydrogens (tertiary/aromatic N) is 1. The van der Waals surface area contributed by atoms with Gasteiger partial charge < -0.3 is 5.21 Å². The number of allylic oxidation sites excluding steroid dienone is 4. The molecule has 0 amide bonds. The summed E-state index contributed by atoms with van der Waals surface area (Å²) in [6.45, 7) is 0. The van der Waals surface area contributed by atoms with Crippen LogP contribution in [0.1, 0.15) is 0 Å². The van der Waals surface area contributed by atoms with Gasteiger partial charge in [0.1, 0.15) is 5.71 Å². The number of hydrogen-bond donors (Lipinski definition) is 2. The highest BCUT2D eigenvalue weighted by molar-refractivity contribution is 9.09. The van der Waals surface area contributed by atoms with Gasteiger partial charge in [-0.2, -0.15) is 0 Å². The molecule has 58 valence electrons. The summed E-state index contributed by atoms with van der Waals surface area (Å²) in [4.78, 5) is 0. The largest absolute Gasteiger partial charge is 0.410 e. The highest BCUT2D eigenvalue weighted by atomic mass is 79.9. The molecule has 0 fully saturated rings. The summed E-state index contributed by atoms with van der Waals surface area (Å²) in [7, 11) is 0. The molecule has 0 heterocycles. The van der Waals surface area contributed by atoms with E-state index in [0.29, 0.717) is 11.0 Å². The van der Waals surface area contributed by atoms with Crippen molar-refractivity contribution in [2.45, 2.75) is 0 Å². The maximum absolute atomic E-state index is 8.43. The average molecular weight is 215 g/mol. The van der Waals surface area contributed by atoms with Gasteiger partial charge in [-0.15, -0.1) is 0 Å². The molecule has 0 aromatic rings.